The van der Waals surface area contributed by atoms with Gasteiger partial charge >= 0.3 is 0 Å². The molecule has 0 saturated carbocycles. The highest BCUT2D eigenvalue weighted by molar-refractivity contribution is 7.92. The summed E-state index contributed by atoms with van der Waals surface area (Å²) in [5.41, 5.74) is 1.10. The van der Waals surface area contributed by atoms with E-state index in [9.17, 15) is 22.8 Å². The molecule has 0 aliphatic carbocycles. The number of hydrogen-bond acceptors (Lipinski definition) is 5. The van der Waals surface area contributed by atoms with E-state index in [-0.39, 0.29) is 27.6 Å². The molecule has 0 fully saturated rings. The van der Waals surface area contributed by atoms with Crippen LogP contribution in [0.15, 0.2) is 83.8 Å². The number of carbonyl (C=O) groups is 3. The van der Waals surface area contributed by atoms with Crippen molar-refractivity contribution in [2.24, 2.45) is 0 Å². The number of ketones is 2. The molecule has 0 heterocycles. The van der Waals surface area contributed by atoms with Gasteiger partial charge in [-0.05, 0) is 36.4 Å². The summed E-state index contributed by atoms with van der Waals surface area (Å²) in [6, 6.07) is 20.2. The molecule has 8 heteroatoms. The van der Waals surface area contributed by atoms with Crippen molar-refractivity contribution in [1.29, 1.82) is 0 Å². The molecule has 30 heavy (non-hydrogen) atoms. The summed E-state index contributed by atoms with van der Waals surface area (Å²) >= 11 is 0. The quantitative estimate of drug-likeness (QED) is 0.449. The van der Waals surface area contributed by atoms with E-state index in [0.29, 0.717) is 5.56 Å². The van der Waals surface area contributed by atoms with Crippen LogP contribution in [0.25, 0.3) is 0 Å². The smallest absolute Gasteiger partial charge is 0.291 e. The first-order chi connectivity index (χ1) is 14.3. The van der Waals surface area contributed by atoms with Gasteiger partial charge in [-0.25, -0.2) is 8.42 Å². The SMILES string of the molecule is CC(=O)C(=O)Nc1ccc(S(=O)(=O)Nc2ccccc2C(=O)c2ccccc2)cc1. The molecule has 0 atom stereocenters. The van der Waals surface area contributed by atoms with E-state index < -0.39 is 21.7 Å². The zero-order valence-corrected chi connectivity index (χ0v) is 16.8. The Kier molecular flexibility index (Phi) is 6.08. The van der Waals surface area contributed by atoms with Crippen molar-refractivity contribution in [3.63, 3.8) is 0 Å². The molecule has 152 valence electrons. The summed E-state index contributed by atoms with van der Waals surface area (Å²) < 4.78 is 28.0. The number of para-hydroxylation sites is 1. The Morgan fingerprint density at radius 3 is 2.00 bits per heavy atom. The average Bonchev–Trinajstić information content (AvgIpc) is 2.74. The Balaban J connectivity index is 1.85. The van der Waals surface area contributed by atoms with Crippen LogP contribution in [-0.2, 0) is 19.6 Å². The van der Waals surface area contributed by atoms with Gasteiger partial charge in [-0.3, -0.25) is 19.1 Å². The third-order valence-electron chi connectivity index (χ3n) is 4.19. The number of benzene rings is 3. The van der Waals surface area contributed by atoms with E-state index in [0.717, 1.165) is 6.92 Å². The van der Waals surface area contributed by atoms with Crippen molar-refractivity contribution >= 4 is 38.9 Å². The van der Waals surface area contributed by atoms with Gasteiger partial charge in [0.25, 0.3) is 15.9 Å². The van der Waals surface area contributed by atoms with Crippen LogP contribution in [0.1, 0.15) is 22.8 Å². The number of amides is 1. The molecule has 3 rings (SSSR count). The van der Waals surface area contributed by atoms with Crippen molar-refractivity contribution in [2.75, 3.05) is 10.0 Å². The maximum Gasteiger partial charge on any atom is 0.291 e. The first-order valence-electron chi connectivity index (χ1n) is 8.91. The highest BCUT2D eigenvalue weighted by atomic mass is 32.2. The highest BCUT2D eigenvalue weighted by Crippen LogP contribution is 2.23. The fraction of sp³-hybridized carbons (Fsp3) is 0.0455. The molecular formula is C22H18N2O5S. The summed E-state index contributed by atoms with van der Waals surface area (Å²) in [7, 11) is -3.99. The molecule has 0 bridgehead atoms. The van der Waals surface area contributed by atoms with E-state index in [1.807, 2.05) is 0 Å². The van der Waals surface area contributed by atoms with Gasteiger partial charge in [-0.1, -0.05) is 42.5 Å². The van der Waals surface area contributed by atoms with Gasteiger partial charge in [0, 0.05) is 23.7 Å². The standard InChI is InChI=1S/C22H18N2O5S/c1-15(25)22(27)23-17-11-13-18(14-12-17)30(28,29)24-20-10-6-5-9-19(20)21(26)16-7-3-2-4-8-16/h2-14,24H,1H3,(H,23,27). The summed E-state index contributed by atoms with van der Waals surface area (Å²) in [5.74, 6) is -1.76. The number of carbonyl (C=O) groups excluding carboxylic acids is 3. The minimum absolute atomic E-state index is 0.0645. The number of hydrogen-bond donors (Lipinski definition) is 2. The Labute approximate surface area is 173 Å². The minimum Gasteiger partial charge on any atom is -0.319 e. The van der Waals surface area contributed by atoms with Gasteiger partial charge < -0.3 is 5.32 Å². The molecule has 0 radical (unpaired) electrons. The van der Waals surface area contributed by atoms with Crippen LogP contribution >= 0.6 is 0 Å². The van der Waals surface area contributed by atoms with Crippen molar-refractivity contribution in [3.8, 4) is 0 Å². The predicted octanol–water partition coefficient (Wildman–Crippen LogP) is 3.25. The lowest BCUT2D eigenvalue weighted by molar-refractivity contribution is -0.133. The van der Waals surface area contributed by atoms with Crippen LogP contribution in [0.3, 0.4) is 0 Å². The molecule has 0 spiro atoms. The van der Waals surface area contributed by atoms with Crippen LogP contribution in [0.5, 0.6) is 0 Å². The first-order valence-corrected chi connectivity index (χ1v) is 10.4. The molecule has 0 aliphatic rings. The molecular weight excluding hydrogens is 404 g/mol. The lowest BCUT2D eigenvalue weighted by Crippen LogP contribution is -2.20. The minimum atomic E-state index is -3.99. The number of anilines is 2. The van der Waals surface area contributed by atoms with E-state index >= 15 is 0 Å². The summed E-state index contributed by atoms with van der Waals surface area (Å²) in [6.07, 6.45) is 0. The van der Waals surface area contributed by atoms with Crippen molar-refractivity contribution in [1.82, 2.24) is 0 Å². The van der Waals surface area contributed by atoms with E-state index in [1.54, 1.807) is 48.5 Å². The molecule has 3 aromatic rings. The Bertz CT molecular complexity index is 1200. The molecule has 7 nitrogen and oxygen atoms in total. The Hall–Kier alpha value is -3.78. The largest absolute Gasteiger partial charge is 0.319 e. The maximum atomic E-state index is 12.8. The molecule has 0 aromatic heterocycles. The fourth-order valence-electron chi connectivity index (χ4n) is 2.66. The van der Waals surface area contributed by atoms with Crippen LogP contribution in [0, 0.1) is 0 Å². The second-order valence-electron chi connectivity index (χ2n) is 6.38. The number of rotatable bonds is 7. The summed E-state index contributed by atoms with van der Waals surface area (Å²) in [6.45, 7) is 1.13. The third kappa shape index (κ3) is 4.79. The Morgan fingerprint density at radius 2 is 1.37 bits per heavy atom. The zero-order chi connectivity index (χ0) is 21.7. The number of Topliss-reactive ketones (excluding diaryl/α,β-unsaturated/α-hetero) is 1. The average molecular weight is 422 g/mol. The fourth-order valence-corrected chi connectivity index (χ4v) is 3.74. The topological polar surface area (TPSA) is 109 Å². The summed E-state index contributed by atoms with van der Waals surface area (Å²) in [5, 5.41) is 2.36. The van der Waals surface area contributed by atoms with Crippen molar-refractivity contribution < 1.29 is 22.8 Å². The normalized spacial score (nSPS) is 10.8. The van der Waals surface area contributed by atoms with E-state index in [1.165, 1.54) is 30.3 Å². The molecule has 1 amide bonds. The van der Waals surface area contributed by atoms with Crippen LogP contribution in [-0.4, -0.2) is 25.9 Å². The van der Waals surface area contributed by atoms with E-state index in [2.05, 4.69) is 10.0 Å². The number of nitrogens with one attached hydrogen (secondary N) is 2. The molecule has 0 aliphatic heterocycles. The second kappa shape index (κ2) is 8.71. The summed E-state index contributed by atoms with van der Waals surface area (Å²) in [4.78, 5) is 35.2. The van der Waals surface area contributed by atoms with Crippen LogP contribution in [0.2, 0.25) is 0 Å². The molecule has 3 aromatic carbocycles. The monoisotopic (exact) mass is 422 g/mol. The van der Waals surface area contributed by atoms with Crippen LogP contribution < -0.4 is 10.0 Å². The first kappa shape index (κ1) is 20.9. The molecule has 2 N–H and O–H groups in total. The van der Waals surface area contributed by atoms with E-state index in [4.69, 9.17) is 0 Å². The van der Waals surface area contributed by atoms with Crippen LogP contribution in [0.4, 0.5) is 11.4 Å². The van der Waals surface area contributed by atoms with Gasteiger partial charge in [0.05, 0.1) is 10.6 Å². The van der Waals surface area contributed by atoms with Gasteiger partial charge in [0.1, 0.15) is 0 Å². The second-order valence-corrected chi connectivity index (χ2v) is 8.06. The van der Waals surface area contributed by atoms with Crippen molar-refractivity contribution in [3.05, 3.63) is 90.0 Å². The van der Waals surface area contributed by atoms with Gasteiger partial charge in [-0.15, -0.1) is 0 Å². The highest BCUT2D eigenvalue weighted by Gasteiger charge is 2.19. The van der Waals surface area contributed by atoms with Crippen molar-refractivity contribution in [2.45, 2.75) is 11.8 Å². The predicted molar refractivity (Wildman–Crippen MR) is 113 cm³/mol. The van der Waals surface area contributed by atoms with Gasteiger partial charge in [0.2, 0.25) is 5.78 Å². The Morgan fingerprint density at radius 1 is 0.767 bits per heavy atom. The molecule has 0 saturated heterocycles. The zero-order valence-electron chi connectivity index (χ0n) is 16.0. The van der Waals surface area contributed by atoms with Gasteiger partial charge in [-0.2, -0.15) is 0 Å². The molecule has 0 unspecified atom stereocenters. The lowest BCUT2D eigenvalue weighted by atomic mass is 10.0. The maximum absolute atomic E-state index is 12.8. The third-order valence-corrected chi connectivity index (χ3v) is 5.58. The number of sulfonamides is 1. The lowest BCUT2D eigenvalue weighted by Gasteiger charge is -2.12. The van der Waals surface area contributed by atoms with Gasteiger partial charge in [0.15, 0.2) is 5.78 Å².